The minimum atomic E-state index is -0.463. The smallest absolute Gasteiger partial charge is 0.374 e. The number of rotatable bonds is 6. The number of guanidine groups is 1. The highest BCUT2D eigenvalue weighted by atomic mass is 16.5. The van der Waals surface area contributed by atoms with Crippen LogP contribution in [-0.2, 0) is 11.3 Å². The summed E-state index contributed by atoms with van der Waals surface area (Å²) in [7, 11) is 0. The van der Waals surface area contributed by atoms with E-state index in [1.807, 2.05) is 18.7 Å². The van der Waals surface area contributed by atoms with E-state index >= 15 is 0 Å². The van der Waals surface area contributed by atoms with Crippen LogP contribution in [-0.4, -0.2) is 36.5 Å². The molecule has 0 spiro atoms. The number of furan rings is 1. The summed E-state index contributed by atoms with van der Waals surface area (Å²) in [6.45, 7) is 8.01. The number of hydrogen-bond acceptors (Lipinski definition) is 4. The molecule has 0 atom stereocenters. The fraction of sp³-hybridized carbons (Fsp3) is 0.538. The van der Waals surface area contributed by atoms with Gasteiger partial charge in [-0.05, 0) is 32.9 Å². The zero-order valence-electron chi connectivity index (χ0n) is 11.7. The van der Waals surface area contributed by atoms with Gasteiger partial charge in [0.05, 0.1) is 6.61 Å². The van der Waals surface area contributed by atoms with Crippen LogP contribution in [0.15, 0.2) is 21.5 Å². The molecule has 0 bridgehead atoms. The van der Waals surface area contributed by atoms with Crippen LogP contribution in [0.5, 0.6) is 0 Å². The van der Waals surface area contributed by atoms with Gasteiger partial charge in [0.25, 0.3) is 0 Å². The molecule has 2 N–H and O–H groups in total. The summed E-state index contributed by atoms with van der Waals surface area (Å²) in [4.78, 5) is 17.6. The molecule has 19 heavy (non-hydrogen) atoms. The van der Waals surface area contributed by atoms with Gasteiger partial charge in [0, 0.05) is 13.1 Å². The molecule has 0 radical (unpaired) electrons. The van der Waals surface area contributed by atoms with Crippen molar-refractivity contribution >= 4 is 11.9 Å². The van der Waals surface area contributed by atoms with E-state index in [2.05, 4.69) is 4.99 Å². The lowest BCUT2D eigenvalue weighted by atomic mass is 10.4. The minimum Gasteiger partial charge on any atom is -0.460 e. The summed E-state index contributed by atoms with van der Waals surface area (Å²) in [6, 6.07) is 3.28. The molecule has 0 unspecified atom stereocenters. The molecule has 0 fully saturated rings. The number of nitrogens with zero attached hydrogens (tertiary/aromatic N) is 2. The summed E-state index contributed by atoms with van der Waals surface area (Å²) in [5, 5.41) is 0. The number of carbonyl (C=O) groups is 1. The third-order valence-electron chi connectivity index (χ3n) is 2.62. The average Bonchev–Trinajstić information content (AvgIpc) is 2.87. The second-order valence-corrected chi connectivity index (χ2v) is 3.83. The molecule has 6 heteroatoms. The Morgan fingerprint density at radius 3 is 2.63 bits per heavy atom. The van der Waals surface area contributed by atoms with Crippen molar-refractivity contribution in [2.45, 2.75) is 27.3 Å². The molecule has 0 amide bonds. The number of nitrogens with two attached hydrogens (primary N) is 1. The normalized spacial score (nSPS) is 11.4. The maximum atomic E-state index is 11.4. The predicted octanol–water partition coefficient (Wildman–Crippen LogP) is 1.61. The van der Waals surface area contributed by atoms with Gasteiger partial charge in [0.1, 0.15) is 12.3 Å². The monoisotopic (exact) mass is 267 g/mol. The van der Waals surface area contributed by atoms with Crippen molar-refractivity contribution in [3.8, 4) is 0 Å². The molecule has 1 rings (SSSR count). The number of ether oxygens (including phenoxy) is 1. The molecule has 0 aromatic carbocycles. The van der Waals surface area contributed by atoms with E-state index in [9.17, 15) is 4.79 Å². The molecule has 6 nitrogen and oxygen atoms in total. The van der Waals surface area contributed by atoms with E-state index in [1.165, 1.54) is 0 Å². The SMILES string of the molecule is CCOC(=O)c1ccc(CN=C(N)N(CC)CC)o1. The van der Waals surface area contributed by atoms with Crippen LogP contribution in [0.2, 0.25) is 0 Å². The van der Waals surface area contributed by atoms with Crippen LogP contribution in [0, 0.1) is 0 Å². The van der Waals surface area contributed by atoms with Crippen molar-refractivity contribution in [2.24, 2.45) is 10.7 Å². The van der Waals surface area contributed by atoms with Crippen LogP contribution in [0.25, 0.3) is 0 Å². The summed E-state index contributed by atoms with van der Waals surface area (Å²) < 4.78 is 10.2. The Balaban J connectivity index is 2.63. The largest absolute Gasteiger partial charge is 0.460 e. The lowest BCUT2D eigenvalue weighted by molar-refractivity contribution is 0.0488. The lowest BCUT2D eigenvalue weighted by Gasteiger charge is -2.18. The molecule has 1 aromatic heterocycles. The Morgan fingerprint density at radius 1 is 1.37 bits per heavy atom. The summed E-state index contributed by atoms with van der Waals surface area (Å²) >= 11 is 0. The first-order valence-electron chi connectivity index (χ1n) is 6.43. The first kappa shape index (κ1) is 15.1. The average molecular weight is 267 g/mol. The van der Waals surface area contributed by atoms with E-state index in [4.69, 9.17) is 14.9 Å². The van der Waals surface area contributed by atoms with Gasteiger partial charge in [-0.25, -0.2) is 9.79 Å². The summed E-state index contributed by atoms with van der Waals surface area (Å²) in [5.74, 6) is 0.778. The molecule has 0 saturated carbocycles. The third kappa shape index (κ3) is 4.31. The van der Waals surface area contributed by atoms with Crippen molar-refractivity contribution in [1.29, 1.82) is 0 Å². The maximum Gasteiger partial charge on any atom is 0.374 e. The van der Waals surface area contributed by atoms with Crippen LogP contribution in [0.1, 0.15) is 37.1 Å². The van der Waals surface area contributed by atoms with Crippen molar-refractivity contribution in [1.82, 2.24) is 4.90 Å². The molecular weight excluding hydrogens is 246 g/mol. The van der Waals surface area contributed by atoms with Crippen LogP contribution in [0.4, 0.5) is 0 Å². The second-order valence-electron chi connectivity index (χ2n) is 3.83. The summed E-state index contributed by atoms with van der Waals surface area (Å²) in [6.07, 6.45) is 0. The fourth-order valence-corrected chi connectivity index (χ4v) is 1.58. The van der Waals surface area contributed by atoms with E-state index in [0.717, 1.165) is 13.1 Å². The third-order valence-corrected chi connectivity index (χ3v) is 2.62. The second kappa shape index (κ2) is 7.45. The van der Waals surface area contributed by atoms with Gasteiger partial charge in [0.15, 0.2) is 5.96 Å². The Labute approximate surface area is 113 Å². The van der Waals surface area contributed by atoms with Crippen LogP contribution < -0.4 is 5.73 Å². The lowest BCUT2D eigenvalue weighted by Crippen LogP contribution is -2.36. The van der Waals surface area contributed by atoms with E-state index in [-0.39, 0.29) is 5.76 Å². The van der Waals surface area contributed by atoms with Gasteiger partial charge in [-0.15, -0.1) is 0 Å². The van der Waals surface area contributed by atoms with Crippen molar-refractivity contribution in [2.75, 3.05) is 19.7 Å². The molecule has 1 heterocycles. The minimum absolute atomic E-state index is 0.188. The number of esters is 1. The van der Waals surface area contributed by atoms with Gasteiger partial charge < -0.3 is 19.8 Å². The van der Waals surface area contributed by atoms with Crippen molar-refractivity contribution in [3.05, 3.63) is 23.7 Å². The molecular formula is C13H21N3O3. The van der Waals surface area contributed by atoms with Crippen molar-refractivity contribution < 1.29 is 13.9 Å². The first-order chi connectivity index (χ1) is 9.12. The molecule has 106 valence electrons. The highest BCUT2D eigenvalue weighted by molar-refractivity contribution is 5.86. The molecule has 0 saturated heterocycles. The Kier molecular flexibility index (Phi) is 5.92. The zero-order valence-corrected chi connectivity index (χ0v) is 11.7. The van der Waals surface area contributed by atoms with Gasteiger partial charge in [-0.2, -0.15) is 0 Å². The Morgan fingerprint density at radius 2 is 2.05 bits per heavy atom. The van der Waals surface area contributed by atoms with Gasteiger partial charge in [0.2, 0.25) is 5.76 Å². The summed E-state index contributed by atoms with van der Waals surface area (Å²) in [5.41, 5.74) is 5.84. The van der Waals surface area contributed by atoms with Gasteiger partial charge >= 0.3 is 5.97 Å². The standard InChI is InChI=1S/C13H21N3O3/c1-4-16(5-2)13(14)15-9-10-7-8-11(19-10)12(17)18-6-3/h7-8H,4-6,9H2,1-3H3,(H2,14,15). The number of aliphatic imine (C=N–C) groups is 1. The Hall–Kier alpha value is -1.98. The van der Waals surface area contributed by atoms with Crippen LogP contribution >= 0.6 is 0 Å². The fourth-order valence-electron chi connectivity index (χ4n) is 1.58. The topological polar surface area (TPSA) is 81.1 Å². The van der Waals surface area contributed by atoms with Crippen LogP contribution in [0.3, 0.4) is 0 Å². The van der Waals surface area contributed by atoms with E-state index in [1.54, 1.807) is 19.1 Å². The number of carbonyl (C=O) groups excluding carboxylic acids is 1. The molecule has 0 aliphatic rings. The quantitative estimate of drug-likeness (QED) is 0.481. The first-order valence-corrected chi connectivity index (χ1v) is 6.43. The number of hydrogen-bond donors (Lipinski definition) is 1. The highest BCUT2D eigenvalue weighted by Gasteiger charge is 2.11. The van der Waals surface area contributed by atoms with Gasteiger partial charge in [-0.1, -0.05) is 0 Å². The highest BCUT2D eigenvalue weighted by Crippen LogP contribution is 2.10. The van der Waals surface area contributed by atoms with E-state index < -0.39 is 5.97 Å². The van der Waals surface area contributed by atoms with E-state index in [0.29, 0.717) is 24.9 Å². The molecule has 1 aromatic rings. The van der Waals surface area contributed by atoms with Gasteiger partial charge in [-0.3, -0.25) is 0 Å². The Bertz CT molecular complexity index is 436. The maximum absolute atomic E-state index is 11.4. The predicted molar refractivity (Wildman–Crippen MR) is 72.9 cm³/mol. The molecule has 0 aliphatic carbocycles. The molecule has 0 aliphatic heterocycles. The zero-order chi connectivity index (χ0) is 14.3. The van der Waals surface area contributed by atoms with Crippen molar-refractivity contribution in [3.63, 3.8) is 0 Å².